The summed E-state index contributed by atoms with van der Waals surface area (Å²) < 4.78 is 39.9. The zero-order chi connectivity index (χ0) is 28.4. The van der Waals surface area contributed by atoms with Crippen molar-refractivity contribution in [2.24, 2.45) is 0 Å². The molecule has 0 saturated carbocycles. The van der Waals surface area contributed by atoms with Gasteiger partial charge in [0.25, 0.3) is 0 Å². The molecule has 0 aliphatic carbocycles. The minimum Gasteiger partial charge on any atom is -0.320 e. The Balaban J connectivity index is 1.69. The Morgan fingerprint density at radius 3 is 2.44 bits per heavy atom. The summed E-state index contributed by atoms with van der Waals surface area (Å²) >= 11 is 18.2. The first-order valence-corrected chi connectivity index (χ1v) is 15.9. The molecule has 0 bridgehead atoms. The van der Waals surface area contributed by atoms with Crippen LogP contribution in [-0.4, -0.2) is 20.5 Å². The topological polar surface area (TPSA) is 97.5 Å². The van der Waals surface area contributed by atoms with E-state index in [9.17, 15) is 13.3 Å². The predicted octanol–water partition coefficient (Wildman–Crippen LogP) is 9.06. The van der Waals surface area contributed by atoms with Crippen LogP contribution in [0.15, 0.2) is 75.4 Å². The van der Waals surface area contributed by atoms with Crippen molar-refractivity contribution in [3.05, 3.63) is 91.7 Å². The van der Waals surface area contributed by atoms with Crippen molar-refractivity contribution in [1.29, 1.82) is 5.26 Å². The molecule has 0 spiro atoms. The average molecular weight is 691 g/mol. The van der Waals surface area contributed by atoms with Gasteiger partial charge in [0.1, 0.15) is 0 Å². The summed E-state index contributed by atoms with van der Waals surface area (Å²) in [6.45, 7) is 0.176. The third-order valence-electron chi connectivity index (χ3n) is 5.46. The van der Waals surface area contributed by atoms with Gasteiger partial charge in [-0.05, 0) is 42.0 Å². The molecule has 4 rings (SSSR count). The van der Waals surface area contributed by atoms with Gasteiger partial charge in [0.05, 0.1) is 34.1 Å². The maximum absolute atomic E-state index is 14.3. The number of aromatic nitrogens is 1. The summed E-state index contributed by atoms with van der Waals surface area (Å²) in [5, 5.41) is 11.9. The van der Waals surface area contributed by atoms with Crippen LogP contribution in [0.2, 0.25) is 10.0 Å². The van der Waals surface area contributed by atoms with Gasteiger partial charge in [0.2, 0.25) is 0 Å². The normalized spacial score (nSPS) is 11.8. The fourth-order valence-corrected chi connectivity index (χ4v) is 6.56. The number of anilines is 2. The molecule has 0 unspecified atom stereocenters. The van der Waals surface area contributed by atoms with E-state index < -0.39 is 18.8 Å². The molecule has 0 fully saturated rings. The summed E-state index contributed by atoms with van der Waals surface area (Å²) in [4.78, 5) is 25.8. The van der Waals surface area contributed by atoms with Gasteiger partial charge in [-0.25, -0.2) is 4.98 Å². The second-order valence-electron chi connectivity index (χ2n) is 8.07. The molecule has 0 aliphatic rings. The van der Waals surface area contributed by atoms with Crippen LogP contribution in [0.1, 0.15) is 11.1 Å². The van der Waals surface area contributed by atoms with Gasteiger partial charge in [0.15, 0.2) is 5.13 Å². The van der Waals surface area contributed by atoms with Gasteiger partial charge < -0.3 is 14.7 Å². The lowest BCUT2D eigenvalue weighted by Gasteiger charge is -2.24. The van der Waals surface area contributed by atoms with Crippen LogP contribution < -0.4 is 4.90 Å². The minimum atomic E-state index is -5.73. The summed E-state index contributed by atoms with van der Waals surface area (Å²) in [5.41, 5.74) is -2.35. The zero-order valence-corrected chi connectivity index (χ0v) is 25.2. The van der Waals surface area contributed by atoms with Crippen molar-refractivity contribution in [1.82, 2.24) is 4.98 Å². The number of rotatable bonds is 9. The molecule has 39 heavy (non-hydrogen) atoms. The zero-order valence-electron chi connectivity index (χ0n) is 19.6. The molecule has 0 radical (unpaired) electrons. The Bertz CT molecular complexity index is 1600. The molecule has 0 aliphatic heterocycles. The number of thioether (sulfide) groups is 1. The number of hydrogen-bond acceptors (Lipinski definition) is 6. The second kappa shape index (κ2) is 12.2. The fraction of sp³-hybridized carbons (Fsp3) is 0.120. The molecular formula is C25H17BrCl2F2N3O3PS2. The molecule has 202 valence electrons. The van der Waals surface area contributed by atoms with Gasteiger partial charge in [-0.3, -0.25) is 4.57 Å². The molecule has 0 atom stereocenters. The van der Waals surface area contributed by atoms with Crippen molar-refractivity contribution >= 4 is 80.6 Å². The van der Waals surface area contributed by atoms with Crippen molar-refractivity contribution in [2.75, 3.05) is 10.7 Å². The van der Waals surface area contributed by atoms with Crippen molar-refractivity contribution in [3.63, 3.8) is 0 Å². The number of benzene rings is 3. The number of nitrogens with zero attached hydrogens (tertiary/aromatic N) is 3. The highest BCUT2D eigenvalue weighted by molar-refractivity contribution is 9.10. The first kappa shape index (κ1) is 30.0. The lowest BCUT2D eigenvalue weighted by molar-refractivity contribution is 0.0557. The van der Waals surface area contributed by atoms with Crippen LogP contribution in [0.4, 0.5) is 19.6 Å². The highest BCUT2D eigenvalue weighted by Crippen LogP contribution is 2.60. The van der Waals surface area contributed by atoms with E-state index in [4.69, 9.17) is 43.2 Å². The Morgan fingerprint density at radius 1 is 1.10 bits per heavy atom. The van der Waals surface area contributed by atoms with Gasteiger partial charge in [-0.2, -0.15) is 14.0 Å². The number of halogens is 5. The molecule has 14 heteroatoms. The standard InChI is InChI=1S/C25H17BrCl2F2N3O3PS2/c26-20-11-15(1-7-19(20)25(29,30)37(34,35)36)13-33(17-4-8-21(27)22(28)12-17)24-32-23(14-39-24)16-2-5-18(6-3-16)38-10-9-31/h1-8,11-12,14H,10,13H2,(H2,34,35,36). The minimum absolute atomic E-state index is 0.142. The summed E-state index contributed by atoms with van der Waals surface area (Å²) in [6.07, 6.45) is 0. The van der Waals surface area contributed by atoms with Gasteiger partial charge >= 0.3 is 13.3 Å². The summed E-state index contributed by atoms with van der Waals surface area (Å²) in [6, 6.07) is 18.6. The van der Waals surface area contributed by atoms with Crippen LogP contribution in [-0.2, 0) is 16.8 Å². The molecule has 3 aromatic carbocycles. The van der Waals surface area contributed by atoms with Crippen molar-refractivity contribution < 1.29 is 23.1 Å². The summed E-state index contributed by atoms with van der Waals surface area (Å²) in [7, 11) is -5.73. The lowest BCUT2D eigenvalue weighted by Crippen LogP contribution is -2.18. The van der Waals surface area contributed by atoms with E-state index in [-0.39, 0.29) is 11.0 Å². The van der Waals surface area contributed by atoms with Crippen molar-refractivity contribution in [3.8, 4) is 17.3 Å². The van der Waals surface area contributed by atoms with Crippen molar-refractivity contribution in [2.45, 2.75) is 17.1 Å². The van der Waals surface area contributed by atoms with E-state index in [1.54, 1.807) is 18.2 Å². The average Bonchev–Trinajstić information content (AvgIpc) is 3.37. The number of thiazole rings is 1. The highest BCUT2D eigenvalue weighted by Gasteiger charge is 2.51. The van der Waals surface area contributed by atoms with E-state index in [2.05, 4.69) is 22.0 Å². The van der Waals surface area contributed by atoms with Crippen LogP contribution >= 0.6 is 69.8 Å². The van der Waals surface area contributed by atoms with E-state index >= 15 is 0 Å². The number of hydrogen-bond donors (Lipinski definition) is 2. The molecule has 0 amide bonds. The maximum atomic E-state index is 14.3. The smallest absolute Gasteiger partial charge is 0.320 e. The Morgan fingerprint density at radius 2 is 1.82 bits per heavy atom. The molecule has 6 nitrogen and oxygen atoms in total. The Labute approximate surface area is 249 Å². The highest BCUT2D eigenvalue weighted by atomic mass is 79.9. The maximum Gasteiger partial charge on any atom is 0.399 e. The monoisotopic (exact) mass is 689 g/mol. The van der Waals surface area contributed by atoms with Gasteiger partial charge in [-0.1, -0.05) is 63.4 Å². The molecule has 4 aromatic rings. The van der Waals surface area contributed by atoms with E-state index in [0.717, 1.165) is 22.2 Å². The molecule has 1 heterocycles. The number of alkyl halides is 2. The van der Waals surface area contributed by atoms with Crippen LogP contribution in [0.25, 0.3) is 11.3 Å². The van der Waals surface area contributed by atoms with Crippen LogP contribution in [0.5, 0.6) is 0 Å². The Kier molecular flexibility index (Phi) is 9.41. The number of nitriles is 1. The first-order valence-electron chi connectivity index (χ1n) is 10.9. The Hall–Kier alpha value is -2.00. The molecule has 1 aromatic heterocycles. The third-order valence-corrected chi connectivity index (χ3v) is 9.57. The first-order chi connectivity index (χ1) is 18.4. The predicted molar refractivity (Wildman–Crippen MR) is 156 cm³/mol. The lowest BCUT2D eigenvalue weighted by atomic mass is 10.1. The SMILES string of the molecule is N#CCSc1ccc(-c2csc(N(Cc3ccc(C(F)(F)P(=O)(O)O)c(Br)c3)c3ccc(Cl)c(Cl)c3)n2)cc1. The molecule has 0 saturated heterocycles. The largest absolute Gasteiger partial charge is 0.399 e. The molecule has 2 N–H and O–H groups in total. The summed E-state index contributed by atoms with van der Waals surface area (Å²) in [5.74, 6) is 0.354. The van der Waals surface area contributed by atoms with E-state index in [0.29, 0.717) is 32.2 Å². The van der Waals surface area contributed by atoms with Crippen LogP contribution in [0.3, 0.4) is 0 Å². The third kappa shape index (κ3) is 6.84. The van der Waals surface area contributed by atoms with E-state index in [1.165, 1.54) is 35.2 Å². The second-order valence-corrected chi connectivity index (χ2v) is 13.3. The van der Waals surface area contributed by atoms with E-state index in [1.807, 2.05) is 34.5 Å². The van der Waals surface area contributed by atoms with Gasteiger partial charge in [0, 0.05) is 31.6 Å². The fourth-order valence-electron chi connectivity index (χ4n) is 3.52. The van der Waals surface area contributed by atoms with Gasteiger partial charge in [-0.15, -0.1) is 23.1 Å². The molecular weight excluding hydrogens is 674 g/mol. The van der Waals surface area contributed by atoms with Crippen LogP contribution in [0, 0.1) is 11.3 Å². The quantitative estimate of drug-likeness (QED) is 0.134.